The zero-order chi connectivity index (χ0) is 27.8. The average molecular weight is 525 g/mol. The summed E-state index contributed by atoms with van der Waals surface area (Å²) in [5.41, 5.74) is 0.570. The number of nitrogens with zero attached hydrogens (tertiary/aromatic N) is 2. The highest BCUT2D eigenvalue weighted by Gasteiger charge is 2.80. The minimum atomic E-state index is -1.17. The van der Waals surface area contributed by atoms with E-state index in [1.807, 2.05) is 45.9 Å². The molecule has 8 nitrogen and oxygen atoms in total. The van der Waals surface area contributed by atoms with E-state index in [2.05, 4.69) is 13.2 Å². The third-order valence-corrected chi connectivity index (χ3v) is 8.66. The Morgan fingerprint density at radius 2 is 2.03 bits per heavy atom. The van der Waals surface area contributed by atoms with E-state index in [-0.39, 0.29) is 44.0 Å². The van der Waals surface area contributed by atoms with E-state index in [9.17, 15) is 19.5 Å². The lowest BCUT2D eigenvalue weighted by Gasteiger charge is -2.37. The highest BCUT2D eigenvalue weighted by molar-refractivity contribution is 6.05. The van der Waals surface area contributed by atoms with Crippen molar-refractivity contribution in [3.8, 4) is 0 Å². The molecule has 3 unspecified atom stereocenters. The van der Waals surface area contributed by atoms with Crippen molar-refractivity contribution < 1.29 is 29.0 Å². The van der Waals surface area contributed by atoms with Crippen LogP contribution in [0.25, 0.3) is 0 Å². The van der Waals surface area contributed by atoms with E-state index >= 15 is 0 Å². The molecule has 1 aromatic rings. The Morgan fingerprint density at radius 1 is 1.29 bits per heavy atom. The Balaban J connectivity index is 1.81. The molecule has 1 N–H and O–H groups in total. The molecule has 2 amide bonds. The molecule has 3 aliphatic rings. The third-order valence-electron chi connectivity index (χ3n) is 8.66. The monoisotopic (exact) mass is 524 g/mol. The fourth-order valence-electron chi connectivity index (χ4n) is 6.78. The first-order valence-electron chi connectivity index (χ1n) is 13.5. The first-order chi connectivity index (χ1) is 18.1. The van der Waals surface area contributed by atoms with Crippen LogP contribution in [-0.2, 0) is 23.9 Å². The summed E-state index contributed by atoms with van der Waals surface area (Å²) in [4.78, 5) is 45.3. The predicted molar refractivity (Wildman–Crippen MR) is 144 cm³/mol. The van der Waals surface area contributed by atoms with E-state index in [0.717, 1.165) is 16.8 Å². The fourth-order valence-corrected chi connectivity index (χ4v) is 6.78. The van der Waals surface area contributed by atoms with Gasteiger partial charge < -0.3 is 24.4 Å². The molecule has 3 fully saturated rings. The van der Waals surface area contributed by atoms with Crippen LogP contribution in [-0.4, -0.2) is 71.3 Å². The maximum absolute atomic E-state index is 14.6. The lowest BCUT2D eigenvalue weighted by molar-refractivity contribution is -0.161. The number of carbonyl (C=O) groups is 3. The van der Waals surface area contributed by atoms with E-state index in [4.69, 9.17) is 9.47 Å². The zero-order valence-electron chi connectivity index (χ0n) is 22.9. The molecule has 0 radical (unpaired) electrons. The number of likely N-dealkylation sites (tertiary alicyclic amines) is 1. The topological polar surface area (TPSA) is 96.4 Å². The molecule has 8 heteroatoms. The Bertz CT molecular complexity index is 1130. The van der Waals surface area contributed by atoms with Gasteiger partial charge in [0.25, 0.3) is 5.91 Å². The quantitative estimate of drug-likeness (QED) is 0.271. The number of hydrogen-bond acceptors (Lipinski definition) is 6. The maximum atomic E-state index is 14.6. The van der Waals surface area contributed by atoms with Gasteiger partial charge in [0, 0.05) is 25.4 Å². The van der Waals surface area contributed by atoms with Gasteiger partial charge in [-0.2, -0.15) is 0 Å². The van der Waals surface area contributed by atoms with Crippen molar-refractivity contribution in [1.29, 1.82) is 0 Å². The van der Waals surface area contributed by atoms with Gasteiger partial charge >= 0.3 is 5.97 Å². The Hall–Kier alpha value is -2.97. The number of esters is 1. The second-order valence-electron chi connectivity index (χ2n) is 11.1. The van der Waals surface area contributed by atoms with Crippen molar-refractivity contribution in [2.75, 3.05) is 31.2 Å². The van der Waals surface area contributed by atoms with Crippen LogP contribution in [0.5, 0.6) is 0 Å². The number of hydrogen-bond donors (Lipinski definition) is 1. The molecular weight excluding hydrogens is 484 g/mol. The van der Waals surface area contributed by atoms with Gasteiger partial charge in [-0.15, -0.1) is 13.2 Å². The minimum absolute atomic E-state index is 0.0786. The molecule has 1 spiro atoms. The molecule has 1 aromatic carbocycles. The third kappa shape index (κ3) is 4.28. The second kappa shape index (κ2) is 10.7. The second-order valence-corrected chi connectivity index (χ2v) is 11.1. The number of aliphatic hydroxyl groups excluding tert-OH is 1. The number of anilines is 1. The summed E-state index contributed by atoms with van der Waals surface area (Å²) < 4.78 is 12.3. The van der Waals surface area contributed by atoms with Crippen molar-refractivity contribution in [1.82, 2.24) is 4.90 Å². The highest BCUT2D eigenvalue weighted by Crippen LogP contribution is 2.65. The van der Waals surface area contributed by atoms with Gasteiger partial charge in [-0.3, -0.25) is 14.4 Å². The van der Waals surface area contributed by atoms with Crippen LogP contribution in [0.3, 0.4) is 0 Å². The van der Waals surface area contributed by atoms with Crippen molar-refractivity contribution in [2.45, 2.75) is 64.2 Å². The van der Waals surface area contributed by atoms with Gasteiger partial charge in [-0.1, -0.05) is 31.2 Å². The number of benzene rings is 1. The van der Waals surface area contributed by atoms with Gasteiger partial charge in [0.2, 0.25) is 5.91 Å². The summed E-state index contributed by atoms with van der Waals surface area (Å²) in [6, 6.07) is 4.97. The van der Waals surface area contributed by atoms with Crippen molar-refractivity contribution >= 4 is 23.5 Å². The SMILES string of the molecule is C=CCCOC(=O)[C@H]1[C@H]2C(=O)N(CCCO)C(C(=O)N(CC=C)c3cc(C)ccc3C)C23CC(C)[C@]1(C)O3. The number of carbonyl (C=O) groups excluding carboxylic acids is 3. The smallest absolute Gasteiger partial charge is 0.312 e. The zero-order valence-corrected chi connectivity index (χ0v) is 22.9. The predicted octanol–water partition coefficient (Wildman–Crippen LogP) is 3.33. The number of aryl methyl sites for hydroxylation is 2. The summed E-state index contributed by atoms with van der Waals surface area (Å²) in [6.07, 6.45) is 4.62. The largest absolute Gasteiger partial charge is 0.465 e. The number of ether oxygens (including phenoxy) is 2. The lowest BCUT2D eigenvalue weighted by Crippen LogP contribution is -2.57. The van der Waals surface area contributed by atoms with E-state index in [0.29, 0.717) is 19.3 Å². The first-order valence-corrected chi connectivity index (χ1v) is 13.5. The molecule has 0 saturated carbocycles. The van der Waals surface area contributed by atoms with Crippen LogP contribution in [0, 0.1) is 31.6 Å². The molecule has 3 heterocycles. The molecule has 2 bridgehead atoms. The summed E-state index contributed by atoms with van der Waals surface area (Å²) >= 11 is 0. The molecule has 3 aliphatic heterocycles. The Morgan fingerprint density at radius 3 is 2.68 bits per heavy atom. The average Bonchev–Trinajstić information content (AvgIpc) is 3.39. The number of amides is 2. The van der Waals surface area contributed by atoms with E-state index < -0.39 is 35.0 Å². The first kappa shape index (κ1) is 28.0. The summed E-state index contributed by atoms with van der Waals surface area (Å²) in [5, 5.41) is 9.59. The minimum Gasteiger partial charge on any atom is -0.465 e. The van der Waals surface area contributed by atoms with Crippen molar-refractivity contribution in [3.05, 3.63) is 54.6 Å². The molecule has 6 atom stereocenters. The fraction of sp³-hybridized carbons (Fsp3) is 0.567. The van der Waals surface area contributed by atoms with Crippen LogP contribution >= 0.6 is 0 Å². The van der Waals surface area contributed by atoms with Gasteiger partial charge in [-0.25, -0.2) is 0 Å². The maximum Gasteiger partial charge on any atom is 0.312 e. The number of rotatable bonds is 11. The summed E-state index contributed by atoms with van der Waals surface area (Å²) in [6.45, 7) is 15.8. The van der Waals surface area contributed by atoms with Crippen LogP contribution < -0.4 is 4.90 Å². The van der Waals surface area contributed by atoms with E-state index in [1.165, 1.54) is 4.90 Å². The van der Waals surface area contributed by atoms with Crippen molar-refractivity contribution in [2.24, 2.45) is 17.8 Å². The van der Waals surface area contributed by atoms with Crippen molar-refractivity contribution in [3.63, 3.8) is 0 Å². The van der Waals surface area contributed by atoms with E-state index in [1.54, 1.807) is 17.1 Å². The number of fused-ring (bicyclic) bond motifs is 1. The summed E-state index contributed by atoms with van der Waals surface area (Å²) in [5.74, 6) is -2.79. The molecule has 4 rings (SSSR count). The van der Waals surface area contributed by atoms with Crippen LogP contribution in [0.15, 0.2) is 43.5 Å². The normalized spacial score (nSPS) is 31.3. The van der Waals surface area contributed by atoms with Gasteiger partial charge in [0.05, 0.1) is 18.1 Å². The molecule has 206 valence electrons. The Labute approximate surface area is 225 Å². The van der Waals surface area contributed by atoms with Gasteiger partial charge in [0.1, 0.15) is 17.6 Å². The molecule has 3 saturated heterocycles. The highest BCUT2D eigenvalue weighted by atomic mass is 16.6. The number of aliphatic hydroxyl groups is 1. The summed E-state index contributed by atoms with van der Waals surface area (Å²) in [7, 11) is 0. The van der Waals surface area contributed by atoms with Crippen LogP contribution in [0.4, 0.5) is 5.69 Å². The molecule has 0 aromatic heterocycles. The lowest BCUT2D eigenvalue weighted by atomic mass is 9.62. The molecule has 0 aliphatic carbocycles. The van der Waals surface area contributed by atoms with Gasteiger partial charge in [-0.05, 0) is 63.1 Å². The van der Waals surface area contributed by atoms with Gasteiger partial charge in [0.15, 0.2) is 0 Å². The standard InChI is InChI=1S/C30H40N2O6/c1-7-9-16-37-28(36)24-23-26(34)32(14-10-15-33)25(30(23)18-21(5)29(24,6)38-30)27(35)31(13-8-2)22-17-19(3)11-12-20(22)4/h7-8,11-12,17,21,23-25,33H,1-2,9-10,13-16,18H2,3-6H3/t21?,23-,24+,25?,29-,30?/m0/s1. The van der Waals surface area contributed by atoms with Crippen LogP contribution in [0.1, 0.15) is 44.2 Å². The Kier molecular flexibility index (Phi) is 7.86. The molecular formula is C30H40N2O6. The molecule has 38 heavy (non-hydrogen) atoms. The van der Waals surface area contributed by atoms with Crippen LogP contribution in [0.2, 0.25) is 0 Å².